The summed E-state index contributed by atoms with van der Waals surface area (Å²) in [6.45, 7) is 8.93. The number of anilines is 1. The van der Waals surface area contributed by atoms with Gasteiger partial charge in [0.25, 0.3) is 11.5 Å². The lowest BCUT2D eigenvalue weighted by Gasteiger charge is -2.38. The van der Waals surface area contributed by atoms with E-state index in [1.165, 1.54) is 16.7 Å². The minimum absolute atomic E-state index is 0.0118. The van der Waals surface area contributed by atoms with Crippen LogP contribution in [0.1, 0.15) is 56.5 Å². The van der Waals surface area contributed by atoms with E-state index >= 15 is 0 Å². The Kier molecular flexibility index (Phi) is 6.39. The molecule has 1 saturated carbocycles. The Hall–Kier alpha value is -3.34. The van der Waals surface area contributed by atoms with Crippen molar-refractivity contribution < 1.29 is 19.4 Å². The summed E-state index contributed by atoms with van der Waals surface area (Å²) in [5, 5.41) is 17.9. The molecule has 34 heavy (non-hydrogen) atoms. The number of carbonyl (C=O) groups excluding carboxylic acids is 2. The van der Waals surface area contributed by atoms with Crippen LogP contribution in [0.5, 0.6) is 5.88 Å². The van der Waals surface area contributed by atoms with E-state index in [0.717, 1.165) is 17.4 Å². The van der Waals surface area contributed by atoms with E-state index in [0.29, 0.717) is 25.3 Å². The zero-order chi connectivity index (χ0) is 24.7. The molecule has 2 aliphatic rings. The van der Waals surface area contributed by atoms with Crippen LogP contribution < -0.4 is 16.6 Å². The van der Waals surface area contributed by atoms with Gasteiger partial charge >= 0.3 is 0 Å². The highest BCUT2D eigenvalue weighted by Crippen LogP contribution is 2.27. The van der Waals surface area contributed by atoms with Gasteiger partial charge in [-0.15, -0.1) is 5.10 Å². The van der Waals surface area contributed by atoms with E-state index in [9.17, 15) is 19.5 Å². The number of fused-ring (bicyclic) bond motifs is 1. The Morgan fingerprint density at radius 3 is 2.50 bits per heavy atom. The van der Waals surface area contributed by atoms with Crippen molar-refractivity contribution in [3.63, 3.8) is 0 Å². The molecule has 2 aromatic rings. The minimum atomic E-state index is -0.765. The molecule has 2 aromatic heterocycles. The van der Waals surface area contributed by atoms with Crippen LogP contribution in [0.2, 0.25) is 0 Å². The number of carbonyl (C=O) groups is 2. The van der Waals surface area contributed by atoms with Gasteiger partial charge in [0.05, 0.1) is 30.9 Å². The summed E-state index contributed by atoms with van der Waals surface area (Å²) in [7, 11) is 0. The molecule has 2 fully saturated rings. The van der Waals surface area contributed by atoms with Crippen LogP contribution in [0.25, 0.3) is 11.7 Å². The average molecular weight is 473 g/mol. The van der Waals surface area contributed by atoms with Gasteiger partial charge in [0.1, 0.15) is 0 Å². The molecule has 2 atom stereocenters. The number of rotatable bonds is 6. The molecular formula is C23H32N6O5. The number of hydrogen-bond acceptors (Lipinski definition) is 7. The number of aromatic hydroxyl groups is 1. The fourth-order valence-corrected chi connectivity index (χ4v) is 4.34. The Bertz CT molecular complexity index is 1200. The third-order valence-corrected chi connectivity index (χ3v) is 6.07. The van der Waals surface area contributed by atoms with E-state index in [1.54, 1.807) is 4.90 Å². The molecule has 4 rings (SSSR count). The van der Waals surface area contributed by atoms with Crippen molar-refractivity contribution in [1.29, 1.82) is 0 Å². The number of ether oxygens (including phenoxy) is 1. The summed E-state index contributed by atoms with van der Waals surface area (Å²) in [6, 6.07) is -0.159. The van der Waals surface area contributed by atoms with Gasteiger partial charge in [-0.2, -0.15) is 4.52 Å². The first-order valence-electron chi connectivity index (χ1n) is 11.6. The highest BCUT2D eigenvalue weighted by atomic mass is 16.5. The van der Waals surface area contributed by atoms with Gasteiger partial charge < -0.3 is 25.8 Å². The summed E-state index contributed by atoms with van der Waals surface area (Å²) < 4.78 is 7.98. The second kappa shape index (κ2) is 9.13. The molecule has 1 saturated heterocycles. The van der Waals surface area contributed by atoms with Crippen molar-refractivity contribution in [2.45, 2.75) is 65.2 Å². The fourth-order valence-electron chi connectivity index (χ4n) is 4.34. The lowest BCUT2D eigenvalue weighted by Crippen LogP contribution is -2.51. The second-order valence-corrected chi connectivity index (χ2v) is 9.60. The van der Waals surface area contributed by atoms with Crippen LogP contribution in [-0.2, 0) is 16.1 Å². The van der Waals surface area contributed by atoms with Crippen LogP contribution in [0.15, 0.2) is 10.9 Å². The summed E-state index contributed by atoms with van der Waals surface area (Å²) in [5.41, 5.74) is 5.56. The first-order chi connectivity index (χ1) is 16.1. The molecule has 0 spiro atoms. The third-order valence-electron chi connectivity index (χ3n) is 6.07. The number of hydrogen-bond donors (Lipinski definition) is 3. The maximum Gasteiger partial charge on any atom is 0.291 e. The number of nitrogens with two attached hydrogens (primary N) is 1. The van der Waals surface area contributed by atoms with Gasteiger partial charge in [0.15, 0.2) is 17.0 Å². The Morgan fingerprint density at radius 1 is 1.26 bits per heavy atom. The Morgan fingerprint density at radius 2 is 1.91 bits per heavy atom. The van der Waals surface area contributed by atoms with Gasteiger partial charge in [-0.3, -0.25) is 19.0 Å². The van der Waals surface area contributed by atoms with Gasteiger partial charge in [0, 0.05) is 18.7 Å². The highest BCUT2D eigenvalue weighted by Gasteiger charge is 2.31. The number of nitrogens with zero attached hydrogens (tertiary/aromatic N) is 4. The molecule has 0 bridgehead atoms. The van der Waals surface area contributed by atoms with Gasteiger partial charge in [-0.05, 0) is 38.7 Å². The number of aromatic nitrogens is 3. The number of nitrogen functional groups attached to an aromatic ring is 1. The smallest absolute Gasteiger partial charge is 0.291 e. The molecule has 1 aliphatic carbocycles. The molecule has 11 heteroatoms. The van der Waals surface area contributed by atoms with E-state index < -0.39 is 17.3 Å². The third kappa shape index (κ3) is 4.39. The normalized spacial score (nSPS) is 21.0. The first-order valence-corrected chi connectivity index (χ1v) is 11.6. The standard InChI is InChI=1S/C23H32N6O5/c1-12(2)9-27-21-16(7-8-17(30)28-13(3)10-34-11-14(28)4)19(24)26-29(21)23(33)18(22(27)32)20(31)25-15-5-6-15/h7-8,12-15,32H,5-6,9-11H2,1-4H3,(H2,24,26)(H,25,31)/b8-7+/t13-,14-/m0/s1. The molecule has 0 radical (unpaired) electrons. The van der Waals surface area contributed by atoms with E-state index in [2.05, 4.69) is 10.4 Å². The summed E-state index contributed by atoms with van der Waals surface area (Å²) in [5.74, 6) is -1.21. The van der Waals surface area contributed by atoms with Crippen molar-refractivity contribution in [2.24, 2.45) is 5.92 Å². The quantitative estimate of drug-likeness (QED) is 0.532. The van der Waals surface area contributed by atoms with Gasteiger partial charge in [-0.1, -0.05) is 13.8 Å². The predicted molar refractivity (Wildman–Crippen MR) is 126 cm³/mol. The minimum Gasteiger partial charge on any atom is -0.494 e. The van der Waals surface area contributed by atoms with Crippen LogP contribution in [0.4, 0.5) is 5.82 Å². The molecule has 3 heterocycles. The van der Waals surface area contributed by atoms with E-state index in [4.69, 9.17) is 10.5 Å². The Balaban J connectivity index is 1.81. The highest BCUT2D eigenvalue weighted by molar-refractivity contribution is 5.97. The maximum absolute atomic E-state index is 13.2. The predicted octanol–water partition coefficient (Wildman–Crippen LogP) is 0.981. The summed E-state index contributed by atoms with van der Waals surface area (Å²) in [6.07, 6.45) is 4.58. The van der Waals surface area contributed by atoms with Crippen LogP contribution in [0.3, 0.4) is 0 Å². The number of amides is 2. The molecule has 1 aliphatic heterocycles. The van der Waals surface area contributed by atoms with Crippen molar-refractivity contribution in [2.75, 3.05) is 18.9 Å². The number of nitrogens with one attached hydrogen (secondary N) is 1. The van der Waals surface area contributed by atoms with Crippen molar-refractivity contribution in [3.8, 4) is 5.88 Å². The van der Waals surface area contributed by atoms with Gasteiger partial charge in [0.2, 0.25) is 11.8 Å². The Labute approximate surface area is 197 Å². The topological polar surface area (TPSA) is 144 Å². The summed E-state index contributed by atoms with van der Waals surface area (Å²) in [4.78, 5) is 40.6. The zero-order valence-corrected chi connectivity index (χ0v) is 19.9. The molecule has 184 valence electrons. The largest absolute Gasteiger partial charge is 0.494 e. The average Bonchev–Trinajstić information content (AvgIpc) is 3.50. The van der Waals surface area contributed by atoms with Crippen molar-refractivity contribution in [1.82, 2.24) is 24.4 Å². The first kappa shape index (κ1) is 23.8. The van der Waals surface area contributed by atoms with Crippen LogP contribution in [-0.4, -0.2) is 67.3 Å². The van der Waals surface area contributed by atoms with Crippen molar-refractivity contribution in [3.05, 3.63) is 27.6 Å². The second-order valence-electron chi connectivity index (χ2n) is 9.60. The lowest BCUT2D eigenvalue weighted by atomic mass is 10.1. The zero-order valence-electron chi connectivity index (χ0n) is 19.9. The SMILES string of the molecule is CC(C)Cn1c(O)c(C(=O)NC2CC2)c(=O)n2nc(N)c(/C=C/C(=O)N3[C@@H](C)COC[C@@H]3C)c12. The molecular weight excluding hydrogens is 440 g/mol. The monoisotopic (exact) mass is 472 g/mol. The molecule has 4 N–H and O–H groups in total. The fraction of sp³-hybridized carbons (Fsp3) is 0.565. The van der Waals surface area contributed by atoms with E-state index in [-0.39, 0.29) is 47.0 Å². The van der Waals surface area contributed by atoms with Crippen LogP contribution >= 0.6 is 0 Å². The van der Waals surface area contributed by atoms with E-state index in [1.807, 2.05) is 27.7 Å². The lowest BCUT2D eigenvalue weighted by molar-refractivity contribution is -0.138. The molecule has 2 amide bonds. The molecule has 0 aromatic carbocycles. The van der Waals surface area contributed by atoms with Crippen molar-refractivity contribution >= 4 is 29.4 Å². The molecule has 0 unspecified atom stereocenters. The summed E-state index contributed by atoms with van der Waals surface area (Å²) >= 11 is 0. The number of morpholine rings is 1. The maximum atomic E-state index is 13.2. The van der Waals surface area contributed by atoms with Gasteiger partial charge in [-0.25, -0.2) is 0 Å². The van der Waals surface area contributed by atoms with Crippen LogP contribution in [0, 0.1) is 5.92 Å². The molecule has 11 nitrogen and oxygen atoms in total.